The van der Waals surface area contributed by atoms with E-state index < -0.39 is 30.0 Å². The summed E-state index contributed by atoms with van der Waals surface area (Å²) in [6, 6.07) is 22.9. The molecule has 57 heavy (non-hydrogen) atoms. The van der Waals surface area contributed by atoms with Gasteiger partial charge < -0.3 is 14.8 Å². The van der Waals surface area contributed by atoms with Gasteiger partial charge in [0.1, 0.15) is 22.8 Å². The standard InChI is InChI=1S/C41H36F5N9O2/c1-25-35-37(50-39(48-25)49-29-7-4-3-5-8-29)53(20-19-51(2)24-41(44,45)46)40(57)55(35)30-14-11-26(12-15-30)38(56)52-18-16-31-32-9-6-17-47-36(32)54(34(31)23-52)22-27-10-13-28(42)21-33(27)43/h3-15,17,21H,16,18-20,22-24H2,1-2H3,(H,48,49,50). The summed E-state index contributed by atoms with van der Waals surface area (Å²) < 4.78 is 72.6. The molecule has 1 aliphatic rings. The van der Waals surface area contributed by atoms with E-state index in [9.17, 15) is 31.5 Å². The molecule has 0 fully saturated rings. The van der Waals surface area contributed by atoms with Crippen molar-refractivity contribution >= 4 is 39.7 Å². The zero-order chi connectivity index (χ0) is 40.0. The number of alkyl halides is 3. The first kappa shape index (κ1) is 37.5. The molecule has 0 saturated heterocycles. The number of anilines is 2. The van der Waals surface area contributed by atoms with Gasteiger partial charge in [-0.05, 0) is 80.6 Å². The van der Waals surface area contributed by atoms with Crippen molar-refractivity contribution in [1.82, 2.24) is 38.5 Å². The van der Waals surface area contributed by atoms with Crippen molar-refractivity contribution in [3.63, 3.8) is 0 Å². The number of aryl methyl sites for hydroxylation is 1. The molecule has 0 bridgehead atoms. The SMILES string of the molecule is Cc1nc(Nc2ccccc2)nc2c1n(-c1ccc(C(=O)N3CCc4c(n(Cc5ccc(F)cc5F)c5ncccc45)C3)cc1)c(=O)n2CCN(C)CC(F)(F)F. The molecule has 0 saturated carbocycles. The van der Waals surface area contributed by atoms with Gasteiger partial charge in [0.2, 0.25) is 5.95 Å². The largest absolute Gasteiger partial charge is 0.401 e. The lowest BCUT2D eigenvalue weighted by Gasteiger charge is -2.29. The molecule has 292 valence electrons. The number of halogens is 5. The Labute approximate surface area is 322 Å². The summed E-state index contributed by atoms with van der Waals surface area (Å²) in [5, 5.41) is 4.04. The Morgan fingerprint density at radius 1 is 0.930 bits per heavy atom. The van der Waals surface area contributed by atoms with Crippen molar-refractivity contribution in [2.75, 3.05) is 32.0 Å². The average Bonchev–Trinajstić information content (AvgIpc) is 3.64. The zero-order valence-corrected chi connectivity index (χ0v) is 30.9. The maximum atomic E-state index is 14.8. The maximum absolute atomic E-state index is 14.8. The van der Waals surface area contributed by atoms with E-state index in [2.05, 4.69) is 20.3 Å². The van der Waals surface area contributed by atoms with Gasteiger partial charge in [0.05, 0.1) is 31.0 Å². The summed E-state index contributed by atoms with van der Waals surface area (Å²) in [6.45, 7) is 1.15. The third-order valence-corrected chi connectivity index (χ3v) is 10.1. The topological polar surface area (TPSA) is 106 Å². The molecule has 11 nitrogen and oxygen atoms in total. The molecule has 8 rings (SSSR count). The van der Waals surface area contributed by atoms with E-state index in [1.807, 2.05) is 47.0 Å². The molecule has 4 aromatic heterocycles. The lowest BCUT2D eigenvalue weighted by Crippen LogP contribution is -2.36. The molecule has 0 radical (unpaired) electrons. The van der Waals surface area contributed by atoms with Crippen molar-refractivity contribution in [2.45, 2.75) is 39.2 Å². The van der Waals surface area contributed by atoms with Crippen LogP contribution in [0.2, 0.25) is 0 Å². The number of para-hydroxylation sites is 1. The second-order valence-electron chi connectivity index (χ2n) is 14.1. The third kappa shape index (κ3) is 7.47. The van der Waals surface area contributed by atoms with Crippen LogP contribution in [-0.2, 0) is 26.1 Å². The predicted molar refractivity (Wildman–Crippen MR) is 205 cm³/mol. The summed E-state index contributed by atoms with van der Waals surface area (Å²) in [5.74, 6) is -1.39. The number of rotatable bonds is 10. The first-order valence-electron chi connectivity index (χ1n) is 18.2. The van der Waals surface area contributed by atoms with Gasteiger partial charge in [-0.3, -0.25) is 18.8 Å². The van der Waals surface area contributed by atoms with Crippen molar-refractivity contribution < 1.29 is 26.7 Å². The molecule has 0 unspecified atom stereocenters. The van der Waals surface area contributed by atoms with Gasteiger partial charge in [-0.1, -0.05) is 24.3 Å². The monoisotopic (exact) mass is 781 g/mol. The van der Waals surface area contributed by atoms with Gasteiger partial charge in [-0.25, -0.2) is 23.5 Å². The van der Waals surface area contributed by atoms with E-state index in [4.69, 9.17) is 0 Å². The minimum Gasteiger partial charge on any atom is -0.332 e. The number of hydrogen-bond donors (Lipinski definition) is 1. The number of likely N-dealkylation sites (N-methyl/N-ethyl adjacent to an activating group) is 1. The molecule has 0 spiro atoms. The minimum atomic E-state index is -4.41. The second-order valence-corrected chi connectivity index (χ2v) is 14.1. The minimum absolute atomic E-state index is 0.0796. The van der Waals surface area contributed by atoms with Crippen molar-refractivity contribution in [3.05, 3.63) is 141 Å². The van der Waals surface area contributed by atoms with Crippen molar-refractivity contribution in [3.8, 4) is 5.69 Å². The van der Waals surface area contributed by atoms with Gasteiger partial charge in [-0.2, -0.15) is 18.2 Å². The van der Waals surface area contributed by atoms with Crippen molar-refractivity contribution in [1.29, 1.82) is 0 Å². The van der Waals surface area contributed by atoms with Gasteiger partial charge in [-0.15, -0.1) is 0 Å². The molecule has 5 heterocycles. The molecule has 1 amide bonds. The van der Waals surface area contributed by atoms with Crippen LogP contribution in [0.25, 0.3) is 27.9 Å². The Hall–Kier alpha value is -6.42. The highest BCUT2D eigenvalue weighted by molar-refractivity contribution is 5.95. The van der Waals surface area contributed by atoms with Crippen LogP contribution in [0.5, 0.6) is 0 Å². The first-order chi connectivity index (χ1) is 27.3. The van der Waals surface area contributed by atoms with E-state index >= 15 is 0 Å². The smallest absolute Gasteiger partial charge is 0.332 e. The Bertz CT molecular complexity index is 2690. The van der Waals surface area contributed by atoms with Gasteiger partial charge >= 0.3 is 11.9 Å². The summed E-state index contributed by atoms with van der Waals surface area (Å²) in [6.07, 6.45) is -2.22. The Morgan fingerprint density at radius 2 is 1.70 bits per heavy atom. The molecule has 7 aromatic rings. The van der Waals surface area contributed by atoms with E-state index in [0.717, 1.165) is 27.6 Å². The van der Waals surface area contributed by atoms with Crippen LogP contribution in [0.4, 0.5) is 33.6 Å². The number of aromatic nitrogens is 6. The van der Waals surface area contributed by atoms with E-state index in [1.165, 1.54) is 28.3 Å². The van der Waals surface area contributed by atoms with Crippen LogP contribution in [-0.4, -0.2) is 77.2 Å². The molecule has 1 aliphatic heterocycles. The number of carbonyl (C=O) groups excluding carboxylic acids is 1. The Kier molecular flexibility index (Phi) is 9.81. The summed E-state index contributed by atoms with van der Waals surface area (Å²) >= 11 is 0. The highest BCUT2D eigenvalue weighted by Crippen LogP contribution is 2.32. The number of nitrogens with one attached hydrogen (secondary N) is 1. The van der Waals surface area contributed by atoms with Crippen LogP contribution in [0, 0.1) is 18.6 Å². The van der Waals surface area contributed by atoms with Crippen LogP contribution >= 0.6 is 0 Å². The molecule has 16 heteroatoms. The first-order valence-corrected chi connectivity index (χ1v) is 18.2. The maximum Gasteiger partial charge on any atom is 0.401 e. The van der Waals surface area contributed by atoms with E-state index in [1.54, 1.807) is 42.3 Å². The van der Waals surface area contributed by atoms with Gasteiger partial charge in [0.25, 0.3) is 5.91 Å². The van der Waals surface area contributed by atoms with Crippen LogP contribution in [0.15, 0.2) is 95.9 Å². The van der Waals surface area contributed by atoms with Gasteiger partial charge in [0.15, 0.2) is 5.65 Å². The number of nitrogens with zero attached hydrogens (tertiary/aromatic N) is 8. The number of carbonyl (C=O) groups is 1. The van der Waals surface area contributed by atoms with Gasteiger partial charge in [0, 0.05) is 59.8 Å². The molecular weight excluding hydrogens is 746 g/mol. The number of hydrogen-bond acceptors (Lipinski definition) is 7. The summed E-state index contributed by atoms with van der Waals surface area (Å²) in [7, 11) is 1.33. The van der Waals surface area contributed by atoms with E-state index in [0.29, 0.717) is 46.8 Å². The fourth-order valence-electron chi connectivity index (χ4n) is 7.47. The Morgan fingerprint density at radius 3 is 2.44 bits per heavy atom. The predicted octanol–water partition coefficient (Wildman–Crippen LogP) is 7.00. The normalized spacial score (nSPS) is 13.2. The lowest BCUT2D eigenvalue weighted by atomic mass is 10.0. The number of benzene rings is 3. The molecule has 0 aliphatic carbocycles. The molecular formula is C41H36F5N9O2. The number of pyridine rings is 1. The third-order valence-electron chi connectivity index (χ3n) is 10.1. The average molecular weight is 782 g/mol. The zero-order valence-electron chi connectivity index (χ0n) is 30.9. The highest BCUT2D eigenvalue weighted by Gasteiger charge is 2.30. The molecule has 0 atom stereocenters. The van der Waals surface area contributed by atoms with Crippen LogP contribution < -0.4 is 11.0 Å². The fraction of sp³-hybridized carbons (Fsp3) is 0.244. The fourth-order valence-corrected chi connectivity index (χ4v) is 7.47. The van der Waals surface area contributed by atoms with Crippen LogP contribution in [0.3, 0.4) is 0 Å². The molecule has 1 N–H and O–H groups in total. The summed E-state index contributed by atoms with van der Waals surface area (Å²) in [5.41, 5.74) is 4.76. The summed E-state index contributed by atoms with van der Waals surface area (Å²) in [4.78, 5) is 44.8. The van der Waals surface area contributed by atoms with Crippen molar-refractivity contribution in [2.24, 2.45) is 0 Å². The Balaban J connectivity index is 1.10. The van der Waals surface area contributed by atoms with E-state index in [-0.39, 0.29) is 49.2 Å². The lowest BCUT2D eigenvalue weighted by molar-refractivity contribution is -0.143. The van der Waals surface area contributed by atoms with Crippen LogP contribution in [0.1, 0.15) is 32.9 Å². The quantitative estimate of drug-likeness (QED) is 0.149. The molecule has 3 aromatic carbocycles. The number of imidazole rings is 1. The second kappa shape index (κ2) is 14.9. The highest BCUT2D eigenvalue weighted by atomic mass is 19.4. The number of fused-ring (bicyclic) bond motifs is 4. The number of amides is 1.